The quantitative estimate of drug-likeness (QED) is 0.730. The number of hydrogen-bond acceptors (Lipinski definition) is 3. The molecule has 13 heavy (non-hydrogen) atoms. The lowest BCUT2D eigenvalue weighted by Gasteiger charge is -2.04. The van der Waals surface area contributed by atoms with Crippen molar-refractivity contribution in [2.75, 3.05) is 0 Å². The summed E-state index contributed by atoms with van der Waals surface area (Å²) in [5, 5.41) is 0. The van der Waals surface area contributed by atoms with E-state index in [1.165, 1.54) is 0 Å². The third-order valence-corrected chi connectivity index (χ3v) is 1.82. The molecule has 0 aromatic carbocycles. The molecule has 0 bridgehead atoms. The Labute approximate surface area is 76.1 Å². The zero-order valence-electron chi connectivity index (χ0n) is 7.09. The SMILES string of the molecule is NCc1nccn1-c1cccnc1. The summed E-state index contributed by atoms with van der Waals surface area (Å²) in [6.45, 7) is 0.432. The van der Waals surface area contributed by atoms with Crippen LogP contribution in [0.25, 0.3) is 5.69 Å². The monoisotopic (exact) mass is 174 g/mol. The standard InChI is InChI=1S/C9H10N4/c10-6-9-12-4-5-13(9)8-2-1-3-11-7-8/h1-5,7H,6,10H2. The van der Waals surface area contributed by atoms with Gasteiger partial charge >= 0.3 is 0 Å². The van der Waals surface area contributed by atoms with Crippen LogP contribution in [0.3, 0.4) is 0 Å². The minimum Gasteiger partial charge on any atom is -0.324 e. The molecule has 0 atom stereocenters. The van der Waals surface area contributed by atoms with Crippen LogP contribution >= 0.6 is 0 Å². The number of nitrogens with two attached hydrogens (primary N) is 1. The predicted molar refractivity (Wildman–Crippen MR) is 49.3 cm³/mol. The van der Waals surface area contributed by atoms with Crippen molar-refractivity contribution in [3.8, 4) is 5.69 Å². The molecule has 4 nitrogen and oxygen atoms in total. The van der Waals surface area contributed by atoms with Crippen molar-refractivity contribution in [1.82, 2.24) is 14.5 Å². The zero-order chi connectivity index (χ0) is 9.10. The van der Waals surface area contributed by atoms with E-state index in [9.17, 15) is 0 Å². The van der Waals surface area contributed by atoms with Crippen molar-refractivity contribution >= 4 is 0 Å². The Balaban J connectivity index is 2.47. The lowest BCUT2D eigenvalue weighted by atomic mass is 10.4. The van der Waals surface area contributed by atoms with E-state index in [-0.39, 0.29) is 0 Å². The molecule has 2 N–H and O–H groups in total. The van der Waals surface area contributed by atoms with Gasteiger partial charge in [-0.25, -0.2) is 4.98 Å². The van der Waals surface area contributed by atoms with Crippen molar-refractivity contribution < 1.29 is 0 Å². The summed E-state index contributed by atoms with van der Waals surface area (Å²) in [7, 11) is 0. The van der Waals surface area contributed by atoms with Gasteiger partial charge < -0.3 is 10.3 Å². The van der Waals surface area contributed by atoms with Crippen LogP contribution in [0.4, 0.5) is 0 Å². The van der Waals surface area contributed by atoms with Gasteiger partial charge in [0.1, 0.15) is 5.82 Å². The van der Waals surface area contributed by atoms with E-state index in [4.69, 9.17) is 5.73 Å². The Bertz CT molecular complexity index is 380. The summed E-state index contributed by atoms with van der Waals surface area (Å²) in [5.74, 6) is 0.841. The first-order chi connectivity index (χ1) is 6.42. The zero-order valence-corrected chi connectivity index (χ0v) is 7.09. The van der Waals surface area contributed by atoms with Crippen molar-refractivity contribution in [1.29, 1.82) is 0 Å². The Kier molecular flexibility index (Phi) is 2.06. The minimum absolute atomic E-state index is 0.432. The smallest absolute Gasteiger partial charge is 0.127 e. The Hall–Kier alpha value is -1.68. The largest absolute Gasteiger partial charge is 0.324 e. The summed E-state index contributed by atoms with van der Waals surface area (Å²) in [4.78, 5) is 8.15. The van der Waals surface area contributed by atoms with Crippen LogP contribution in [-0.4, -0.2) is 14.5 Å². The van der Waals surface area contributed by atoms with Gasteiger partial charge in [-0.15, -0.1) is 0 Å². The highest BCUT2D eigenvalue weighted by atomic mass is 15.1. The topological polar surface area (TPSA) is 56.7 Å². The number of nitrogens with zero attached hydrogens (tertiary/aromatic N) is 3. The summed E-state index contributed by atoms with van der Waals surface area (Å²) < 4.78 is 1.92. The van der Waals surface area contributed by atoms with Crippen LogP contribution in [0.2, 0.25) is 0 Å². The van der Waals surface area contributed by atoms with E-state index in [1.807, 2.05) is 22.9 Å². The maximum absolute atomic E-state index is 5.53. The molecule has 0 radical (unpaired) electrons. The van der Waals surface area contributed by atoms with Crippen molar-refractivity contribution in [3.05, 3.63) is 42.7 Å². The molecule has 2 heterocycles. The van der Waals surface area contributed by atoms with Gasteiger partial charge in [-0.05, 0) is 12.1 Å². The summed E-state index contributed by atoms with van der Waals surface area (Å²) in [5.41, 5.74) is 6.52. The molecule has 0 amide bonds. The fourth-order valence-corrected chi connectivity index (χ4v) is 1.22. The van der Waals surface area contributed by atoms with Gasteiger partial charge in [0.15, 0.2) is 0 Å². The molecule has 4 heteroatoms. The highest BCUT2D eigenvalue weighted by Crippen LogP contribution is 2.07. The second-order valence-corrected chi connectivity index (χ2v) is 2.63. The first kappa shape index (κ1) is 7.94. The fourth-order valence-electron chi connectivity index (χ4n) is 1.22. The van der Waals surface area contributed by atoms with Gasteiger partial charge in [0.2, 0.25) is 0 Å². The molecule has 0 aliphatic rings. The highest BCUT2D eigenvalue weighted by molar-refractivity contribution is 5.29. The van der Waals surface area contributed by atoms with Gasteiger partial charge in [0.05, 0.1) is 18.4 Å². The van der Waals surface area contributed by atoms with Crippen molar-refractivity contribution in [2.45, 2.75) is 6.54 Å². The van der Waals surface area contributed by atoms with Crippen molar-refractivity contribution in [2.24, 2.45) is 5.73 Å². The third-order valence-electron chi connectivity index (χ3n) is 1.82. The highest BCUT2D eigenvalue weighted by Gasteiger charge is 2.01. The lowest BCUT2D eigenvalue weighted by molar-refractivity contribution is 0.864. The van der Waals surface area contributed by atoms with E-state index < -0.39 is 0 Å². The predicted octanol–water partition coefficient (Wildman–Crippen LogP) is 0.726. The molecule has 0 unspecified atom stereocenters. The lowest BCUT2D eigenvalue weighted by Crippen LogP contribution is -2.06. The number of pyridine rings is 1. The summed E-state index contributed by atoms with van der Waals surface area (Å²) in [6, 6.07) is 3.85. The average Bonchev–Trinajstić information content (AvgIpc) is 2.67. The van der Waals surface area contributed by atoms with Crippen molar-refractivity contribution in [3.63, 3.8) is 0 Å². The van der Waals surface area contributed by atoms with E-state index in [2.05, 4.69) is 9.97 Å². The Morgan fingerprint density at radius 1 is 1.38 bits per heavy atom. The van der Waals surface area contributed by atoms with Crippen LogP contribution in [0.15, 0.2) is 36.9 Å². The number of rotatable bonds is 2. The van der Waals surface area contributed by atoms with E-state index >= 15 is 0 Å². The number of imidazole rings is 1. The maximum atomic E-state index is 5.53. The molecule has 2 aromatic rings. The minimum atomic E-state index is 0.432. The average molecular weight is 174 g/mol. The molecule has 0 spiro atoms. The van der Waals surface area contributed by atoms with Crippen LogP contribution in [0.1, 0.15) is 5.82 Å². The van der Waals surface area contributed by atoms with E-state index in [1.54, 1.807) is 18.6 Å². The fraction of sp³-hybridized carbons (Fsp3) is 0.111. The van der Waals surface area contributed by atoms with Gasteiger partial charge in [-0.1, -0.05) is 0 Å². The second-order valence-electron chi connectivity index (χ2n) is 2.63. The molecule has 0 aliphatic carbocycles. The number of aromatic nitrogens is 3. The van der Waals surface area contributed by atoms with Crippen LogP contribution in [0.5, 0.6) is 0 Å². The molecular formula is C9H10N4. The van der Waals surface area contributed by atoms with Crippen LogP contribution in [-0.2, 0) is 6.54 Å². The maximum Gasteiger partial charge on any atom is 0.127 e. The molecule has 66 valence electrons. The first-order valence-electron chi connectivity index (χ1n) is 4.04. The van der Waals surface area contributed by atoms with Crippen LogP contribution in [0, 0.1) is 0 Å². The normalized spacial score (nSPS) is 10.2. The Morgan fingerprint density at radius 2 is 2.31 bits per heavy atom. The van der Waals surface area contributed by atoms with E-state index in [0.717, 1.165) is 11.5 Å². The van der Waals surface area contributed by atoms with Gasteiger partial charge in [-0.2, -0.15) is 0 Å². The molecule has 2 rings (SSSR count). The Morgan fingerprint density at radius 3 is 3.00 bits per heavy atom. The summed E-state index contributed by atoms with van der Waals surface area (Å²) in [6.07, 6.45) is 7.12. The molecule has 0 fully saturated rings. The third kappa shape index (κ3) is 1.43. The molecule has 0 aliphatic heterocycles. The van der Waals surface area contributed by atoms with E-state index in [0.29, 0.717) is 6.54 Å². The molecule has 0 saturated carbocycles. The molecular weight excluding hydrogens is 164 g/mol. The van der Waals surface area contributed by atoms with Crippen LogP contribution < -0.4 is 5.73 Å². The van der Waals surface area contributed by atoms with Gasteiger partial charge in [-0.3, -0.25) is 4.98 Å². The molecule has 0 saturated heterocycles. The molecule has 2 aromatic heterocycles. The first-order valence-corrected chi connectivity index (χ1v) is 4.04. The second kappa shape index (κ2) is 3.37. The summed E-state index contributed by atoms with van der Waals surface area (Å²) >= 11 is 0. The number of hydrogen-bond donors (Lipinski definition) is 1. The van der Waals surface area contributed by atoms with Gasteiger partial charge in [0, 0.05) is 18.6 Å². The van der Waals surface area contributed by atoms with Gasteiger partial charge in [0.25, 0.3) is 0 Å².